The Bertz CT molecular complexity index is 548. The molecule has 0 spiro atoms. The van der Waals surface area contributed by atoms with Crippen LogP contribution in [0, 0.1) is 13.8 Å². The van der Waals surface area contributed by atoms with E-state index in [4.69, 9.17) is 28.9 Å². The van der Waals surface area contributed by atoms with Crippen LogP contribution in [0.3, 0.4) is 0 Å². The van der Waals surface area contributed by atoms with Crippen LogP contribution in [0.2, 0.25) is 8.67 Å². The fraction of sp³-hybridized carbons (Fsp3) is 0.231. The zero-order chi connectivity index (χ0) is 12.6. The van der Waals surface area contributed by atoms with Gasteiger partial charge in [-0.3, -0.25) is 0 Å². The second-order valence-electron chi connectivity index (χ2n) is 4.10. The zero-order valence-corrected chi connectivity index (χ0v) is 12.0. The van der Waals surface area contributed by atoms with Gasteiger partial charge in [-0.15, -0.1) is 11.3 Å². The molecule has 90 valence electrons. The molecule has 0 saturated heterocycles. The van der Waals surface area contributed by atoms with Gasteiger partial charge in [-0.2, -0.15) is 0 Å². The van der Waals surface area contributed by atoms with E-state index in [9.17, 15) is 0 Å². The summed E-state index contributed by atoms with van der Waals surface area (Å²) in [5.74, 6) is 0. The lowest BCUT2D eigenvalue weighted by Crippen LogP contribution is -2.11. The van der Waals surface area contributed by atoms with E-state index in [1.807, 2.05) is 12.1 Å². The summed E-state index contributed by atoms with van der Waals surface area (Å²) in [6, 6.07) is 7.84. The van der Waals surface area contributed by atoms with Crippen molar-refractivity contribution in [2.24, 2.45) is 5.73 Å². The van der Waals surface area contributed by atoms with Crippen molar-refractivity contribution >= 4 is 34.5 Å². The van der Waals surface area contributed by atoms with Crippen molar-refractivity contribution in [3.63, 3.8) is 0 Å². The van der Waals surface area contributed by atoms with Crippen molar-refractivity contribution in [1.29, 1.82) is 0 Å². The third-order valence-corrected chi connectivity index (χ3v) is 4.43. The van der Waals surface area contributed by atoms with Crippen LogP contribution in [-0.2, 0) is 0 Å². The summed E-state index contributed by atoms with van der Waals surface area (Å²) in [7, 11) is 0. The second kappa shape index (κ2) is 4.99. The molecule has 0 aliphatic carbocycles. The molecular weight excluding hydrogens is 273 g/mol. The first-order valence-electron chi connectivity index (χ1n) is 5.26. The van der Waals surface area contributed by atoms with Crippen molar-refractivity contribution < 1.29 is 0 Å². The lowest BCUT2D eigenvalue weighted by molar-refractivity contribution is 0.874. The molecule has 1 aromatic carbocycles. The maximum absolute atomic E-state index is 6.21. The Balaban J connectivity index is 2.40. The largest absolute Gasteiger partial charge is 0.320 e. The minimum absolute atomic E-state index is 0.217. The molecular formula is C13H13Cl2NS. The summed E-state index contributed by atoms with van der Waals surface area (Å²) in [4.78, 5) is 0. The van der Waals surface area contributed by atoms with Gasteiger partial charge in [-0.05, 0) is 36.6 Å². The van der Waals surface area contributed by atoms with Gasteiger partial charge in [0.25, 0.3) is 0 Å². The van der Waals surface area contributed by atoms with E-state index >= 15 is 0 Å². The van der Waals surface area contributed by atoms with Gasteiger partial charge in [0.2, 0.25) is 0 Å². The second-order valence-corrected chi connectivity index (χ2v) is 6.39. The van der Waals surface area contributed by atoms with Crippen molar-refractivity contribution in [2.45, 2.75) is 19.9 Å². The summed E-state index contributed by atoms with van der Waals surface area (Å²) >= 11 is 13.4. The third kappa shape index (κ3) is 2.66. The Morgan fingerprint density at radius 2 is 1.82 bits per heavy atom. The maximum atomic E-state index is 6.21. The van der Waals surface area contributed by atoms with Crippen LogP contribution in [0.15, 0.2) is 24.3 Å². The standard InChI is InChI=1S/C13H13Cl2NS/c1-7-3-4-9(5-8(7)2)12(16)10-6-11(14)17-13(10)15/h3-6,12H,16H2,1-2H3. The van der Waals surface area contributed by atoms with Crippen LogP contribution in [0.4, 0.5) is 0 Å². The Morgan fingerprint density at radius 1 is 1.12 bits per heavy atom. The van der Waals surface area contributed by atoms with E-state index in [0.717, 1.165) is 11.1 Å². The van der Waals surface area contributed by atoms with Gasteiger partial charge < -0.3 is 5.73 Å². The molecule has 0 amide bonds. The van der Waals surface area contributed by atoms with Gasteiger partial charge >= 0.3 is 0 Å². The number of hydrogen-bond acceptors (Lipinski definition) is 2. The van der Waals surface area contributed by atoms with Gasteiger partial charge in [0.15, 0.2) is 0 Å². The molecule has 1 heterocycles. The van der Waals surface area contributed by atoms with Crippen molar-refractivity contribution in [3.8, 4) is 0 Å². The molecule has 17 heavy (non-hydrogen) atoms. The fourth-order valence-corrected chi connectivity index (χ4v) is 3.25. The number of rotatable bonds is 2. The first kappa shape index (κ1) is 12.9. The van der Waals surface area contributed by atoms with Crippen LogP contribution in [0.5, 0.6) is 0 Å². The average Bonchev–Trinajstić information content (AvgIpc) is 2.61. The van der Waals surface area contributed by atoms with Gasteiger partial charge in [0, 0.05) is 5.56 Å². The highest BCUT2D eigenvalue weighted by Gasteiger charge is 2.15. The summed E-state index contributed by atoms with van der Waals surface area (Å²) < 4.78 is 1.34. The molecule has 0 saturated carbocycles. The molecule has 0 aliphatic heterocycles. The summed E-state index contributed by atoms with van der Waals surface area (Å²) in [5, 5.41) is 0. The van der Waals surface area contributed by atoms with Crippen LogP contribution < -0.4 is 5.73 Å². The number of hydrogen-bond donors (Lipinski definition) is 1. The zero-order valence-electron chi connectivity index (χ0n) is 9.63. The maximum Gasteiger partial charge on any atom is 0.0995 e. The SMILES string of the molecule is Cc1ccc(C(N)c2cc(Cl)sc2Cl)cc1C. The summed E-state index contributed by atoms with van der Waals surface area (Å²) in [6.07, 6.45) is 0. The third-order valence-electron chi connectivity index (χ3n) is 2.91. The predicted molar refractivity (Wildman–Crippen MR) is 76.3 cm³/mol. The Morgan fingerprint density at radius 3 is 2.35 bits per heavy atom. The van der Waals surface area contributed by atoms with E-state index < -0.39 is 0 Å². The molecule has 0 fully saturated rings. The van der Waals surface area contributed by atoms with E-state index in [-0.39, 0.29) is 6.04 Å². The molecule has 4 heteroatoms. The monoisotopic (exact) mass is 285 g/mol. The van der Waals surface area contributed by atoms with Crippen molar-refractivity contribution in [1.82, 2.24) is 0 Å². The van der Waals surface area contributed by atoms with E-state index in [1.165, 1.54) is 22.5 Å². The van der Waals surface area contributed by atoms with E-state index in [1.54, 1.807) is 0 Å². The molecule has 2 N–H and O–H groups in total. The minimum Gasteiger partial charge on any atom is -0.320 e. The highest BCUT2D eigenvalue weighted by molar-refractivity contribution is 7.20. The van der Waals surface area contributed by atoms with E-state index in [2.05, 4.69) is 26.0 Å². The average molecular weight is 286 g/mol. The predicted octanol–water partition coefficient (Wildman–Crippen LogP) is 4.72. The highest BCUT2D eigenvalue weighted by atomic mass is 35.5. The van der Waals surface area contributed by atoms with Gasteiger partial charge in [0.05, 0.1) is 14.7 Å². The quantitative estimate of drug-likeness (QED) is 0.849. The van der Waals surface area contributed by atoms with Crippen LogP contribution in [0.25, 0.3) is 0 Å². The van der Waals surface area contributed by atoms with Crippen molar-refractivity contribution in [2.75, 3.05) is 0 Å². The van der Waals surface area contributed by atoms with Gasteiger partial charge in [0.1, 0.15) is 0 Å². The lowest BCUT2D eigenvalue weighted by atomic mass is 9.98. The molecule has 1 atom stereocenters. The molecule has 1 unspecified atom stereocenters. The molecule has 1 nitrogen and oxygen atoms in total. The number of nitrogens with two attached hydrogens (primary N) is 1. The first-order valence-corrected chi connectivity index (χ1v) is 6.83. The molecule has 2 rings (SSSR count). The molecule has 2 aromatic rings. The van der Waals surface area contributed by atoms with E-state index in [0.29, 0.717) is 8.67 Å². The van der Waals surface area contributed by atoms with Crippen LogP contribution in [-0.4, -0.2) is 0 Å². The Hall–Kier alpha value is -0.540. The molecule has 0 bridgehead atoms. The molecule has 0 radical (unpaired) electrons. The van der Waals surface area contributed by atoms with Crippen LogP contribution >= 0.6 is 34.5 Å². The van der Waals surface area contributed by atoms with Gasteiger partial charge in [-0.25, -0.2) is 0 Å². The number of thiophene rings is 1. The summed E-state index contributed by atoms with van der Waals surface area (Å²) in [6.45, 7) is 4.16. The Labute approximate surface area is 115 Å². The minimum atomic E-state index is -0.217. The fourth-order valence-electron chi connectivity index (χ4n) is 1.70. The first-order chi connectivity index (χ1) is 7.99. The lowest BCUT2D eigenvalue weighted by Gasteiger charge is -2.13. The molecule has 0 aliphatic rings. The highest BCUT2D eigenvalue weighted by Crippen LogP contribution is 2.36. The number of halogens is 2. The smallest absolute Gasteiger partial charge is 0.0995 e. The van der Waals surface area contributed by atoms with Gasteiger partial charge in [-0.1, -0.05) is 41.4 Å². The van der Waals surface area contributed by atoms with Crippen molar-refractivity contribution in [3.05, 3.63) is 55.2 Å². The number of benzene rings is 1. The Kier molecular flexibility index (Phi) is 3.79. The summed E-state index contributed by atoms with van der Waals surface area (Å²) in [5.41, 5.74) is 10.7. The normalized spacial score (nSPS) is 12.8. The topological polar surface area (TPSA) is 26.0 Å². The molecule has 1 aromatic heterocycles. The van der Waals surface area contributed by atoms with Crippen LogP contribution in [0.1, 0.15) is 28.3 Å². The number of aryl methyl sites for hydroxylation is 2.